The molecule has 0 aromatic carbocycles. The Hall–Kier alpha value is -0.123. The zero-order valence-corrected chi connectivity index (χ0v) is 9.72. The molecule has 0 rings (SSSR count). The van der Waals surface area contributed by atoms with Gasteiger partial charge >= 0.3 is 0 Å². The minimum Gasteiger partial charge on any atom is -0.355 e. The Morgan fingerprint density at radius 2 is 1.82 bits per heavy atom. The largest absolute Gasteiger partial charge is 0.355 e. The Bertz CT molecular complexity index is 109. The van der Waals surface area contributed by atoms with E-state index in [9.17, 15) is 0 Å². The molecule has 0 atom stereocenters. The highest BCUT2D eigenvalue weighted by Crippen LogP contribution is 2.13. The fourth-order valence-electron chi connectivity index (χ4n) is 1.03. The molecule has 0 bridgehead atoms. The molecule has 0 saturated heterocycles. The lowest BCUT2D eigenvalue weighted by molar-refractivity contribution is -0.170. The normalized spacial score (nSPS) is 11.8. The quantitative estimate of drug-likeness (QED) is 0.334. The third-order valence-corrected chi connectivity index (χ3v) is 2.40. The van der Waals surface area contributed by atoms with Gasteiger partial charge in [0.2, 0.25) is 0 Å². The molecule has 11 heavy (non-hydrogen) atoms. The molecule has 2 nitrogen and oxygen atoms in total. The highest BCUT2D eigenvalue weighted by Gasteiger charge is 2.21. The minimum atomic E-state index is -0.328. The van der Waals surface area contributed by atoms with E-state index in [1.807, 2.05) is 19.9 Å². The molecule has 0 heterocycles. The zero-order valence-electron chi connectivity index (χ0n) is 7.72. The summed E-state index contributed by atoms with van der Waals surface area (Å²) in [6.07, 6.45) is 2.64. The van der Waals surface area contributed by atoms with E-state index in [2.05, 4.69) is 6.58 Å². The van der Waals surface area contributed by atoms with Gasteiger partial charge in [-0.05, 0) is 13.8 Å². The van der Waals surface area contributed by atoms with Crippen molar-refractivity contribution in [3.63, 3.8) is 0 Å². The number of hydrogen-bond acceptors (Lipinski definition) is 2. The third-order valence-electron chi connectivity index (χ3n) is 1.41. The predicted octanol–water partition coefficient (Wildman–Crippen LogP) is 0.655. The Kier molecular flexibility index (Phi) is 5.46. The first kappa shape index (κ1) is 10.9. The number of hydrogen-bond donors (Lipinski definition) is 0. The van der Waals surface area contributed by atoms with Crippen molar-refractivity contribution in [1.82, 2.24) is 0 Å². The second kappa shape index (κ2) is 5.52. The smallest absolute Gasteiger partial charge is 0.144 e. The van der Waals surface area contributed by atoms with E-state index in [1.54, 1.807) is 0 Å². The van der Waals surface area contributed by atoms with Crippen molar-refractivity contribution in [3.8, 4) is 0 Å². The SMILES string of the molecule is C=CCC([SiH3])(OCC)OCC. The molecular weight excluding hydrogens is 156 g/mol. The number of rotatable bonds is 6. The molecule has 0 radical (unpaired) electrons. The van der Waals surface area contributed by atoms with Crippen LogP contribution in [0.4, 0.5) is 0 Å². The molecule has 0 spiro atoms. The van der Waals surface area contributed by atoms with Crippen molar-refractivity contribution in [2.24, 2.45) is 0 Å². The van der Waals surface area contributed by atoms with Crippen LogP contribution in [0.1, 0.15) is 20.3 Å². The van der Waals surface area contributed by atoms with Crippen molar-refractivity contribution in [2.75, 3.05) is 13.2 Å². The molecule has 0 aliphatic heterocycles. The summed E-state index contributed by atoms with van der Waals surface area (Å²) in [7, 11) is 0.882. The molecule has 3 heteroatoms. The lowest BCUT2D eigenvalue weighted by Crippen LogP contribution is -2.36. The van der Waals surface area contributed by atoms with Gasteiger partial charge in [-0.25, -0.2) is 0 Å². The van der Waals surface area contributed by atoms with Gasteiger partial charge in [-0.1, -0.05) is 6.08 Å². The Labute approximate surface area is 72.0 Å². The lowest BCUT2D eigenvalue weighted by atomic mass is 10.4. The van der Waals surface area contributed by atoms with Crippen LogP contribution in [0, 0.1) is 0 Å². The molecule has 0 fully saturated rings. The zero-order chi connectivity index (χ0) is 8.74. The summed E-state index contributed by atoms with van der Waals surface area (Å²) in [5, 5.41) is 0. The highest BCUT2D eigenvalue weighted by molar-refractivity contribution is 6.13. The van der Waals surface area contributed by atoms with Crippen molar-refractivity contribution >= 4 is 10.2 Å². The van der Waals surface area contributed by atoms with Crippen molar-refractivity contribution in [2.45, 2.75) is 25.7 Å². The van der Waals surface area contributed by atoms with Crippen molar-refractivity contribution < 1.29 is 9.47 Å². The fraction of sp³-hybridized carbons (Fsp3) is 0.750. The average molecular weight is 174 g/mol. The molecule has 0 aromatic rings. The van der Waals surface area contributed by atoms with Crippen LogP contribution in [0.15, 0.2) is 12.7 Å². The topological polar surface area (TPSA) is 18.5 Å². The first-order valence-corrected chi connectivity index (χ1v) is 5.07. The predicted molar refractivity (Wildman–Crippen MR) is 50.7 cm³/mol. The van der Waals surface area contributed by atoms with Crippen molar-refractivity contribution in [1.29, 1.82) is 0 Å². The molecule has 0 N–H and O–H groups in total. The molecule has 0 aliphatic carbocycles. The Morgan fingerprint density at radius 3 is 2.09 bits per heavy atom. The maximum Gasteiger partial charge on any atom is 0.144 e. The van der Waals surface area contributed by atoms with Crippen LogP contribution in [0.3, 0.4) is 0 Å². The van der Waals surface area contributed by atoms with Crippen LogP contribution in [-0.2, 0) is 9.47 Å². The average Bonchev–Trinajstić information content (AvgIpc) is 1.88. The summed E-state index contributed by atoms with van der Waals surface area (Å²) in [4.78, 5) is 0. The lowest BCUT2D eigenvalue weighted by Gasteiger charge is -2.28. The van der Waals surface area contributed by atoms with Gasteiger partial charge in [0, 0.05) is 19.6 Å². The van der Waals surface area contributed by atoms with Crippen LogP contribution in [0.25, 0.3) is 0 Å². The molecule has 66 valence electrons. The molecular formula is C8H18O2Si. The summed E-state index contributed by atoms with van der Waals surface area (Å²) < 4.78 is 11.0. The van der Waals surface area contributed by atoms with E-state index in [0.29, 0.717) is 13.2 Å². The van der Waals surface area contributed by atoms with Gasteiger partial charge in [0.25, 0.3) is 0 Å². The first-order chi connectivity index (χ1) is 5.18. The van der Waals surface area contributed by atoms with E-state index in [4.69, 9.17) is 9.47 Å². The van der Waals surface area contributed by atoms with Gasteiger partial charge < -0.3 is 9.47 Å². The van der Waals surface area contributed by atoms with Gasteiger partial charge in [0.15, 0.2) is 0 Å². The maximum atomic E-state index is 5.48. The summed E-state index contributed by atoms with van der Waals surface area (Å²) in [5.41, 5.74) is -0.328. The van der Waals surface area contributed by atoms with Crippen LogP contribution in [-0.4, -0.2) is 28.9 Å². The standard InChI is InChI=1S/C8H18O2Si/c1-4-7-8(11,9-5-2)10-6-3/h4H,1,5-7H2,2-3,11H3. The van der Waals surface area contributed by atoms with Crippen LogP contribution in [0.5, 0.6) is 0 Å². The van der Waals surface area contributed by atoms with Crippen LogP contribution in [0.2, 0.25) is 0 Å². The maximum absolute atomic E-state index is 5.48. The highest BCUT2D eigenvalue weighted by atomic mass is 28.1. The van der Waals surface area contributed by atoms with Gasteiger partial charge in [-0.15, -0.1) is 6.58 Å². The first-order valence-electron chi connectivity index (χ1n) is 4.07. The molecule has 0 amide bonds. The summed E-state index contributed by atoms with van der Waals surface area (Å²) in [5.74, 6) is 0. The summed E-state index contributed by atoms with van der Waals surface area (Å²) in [6.45, 7) is 9.05. The van der Waals surface area contributed by atoms with Gasteiger partial charge in [-0.3, -0.25) is 0 Å². The summed E-state index contributed by atoms with van der Waals surface area (Å²) >= 11 is 0. The number of ether oxygens (including phenoxy) is 2. The Balaban J connectivity index is 3.88. The van der Waals surface area contributed by atoms with Gasteiger partial charge in [0.1, 0.15) is 5.41 Å². The Morgan fingerprint density at radius 1 is 1.36 bits per heavy atom. The third kappa shape index (κ3) is 4.34. The molecule has 0 saturated carbocycles. The second-order valence-electron chi connectivity index (χ2n) is 2.49. The molecule has 0 unspecified atom stereocenters. The van der Waals surface area contributed by atoms with E-state index >= 15 is 0 Å². The minimum absolute atomic E-state index is 0.328. The van der Waals surface area contributed by atoms with Crippen molar-refractivity contribution in [3.05, 3.63) is 12.7 Å². The van der Waals surface area contributed by atoms with Gasteiger partial charge in [-0.2, -0.15) is 0 Å². The molecule has 0 aromatic heterocycles. The monoisotopic (exact) mass is 174 g/mol. The van der Waals surface area contributed by atoms with Gasteiger partial charge in [0.05, 0.1) is 10.2 Å². The van der Waals surface area contributed by atoms with E-state index in [-0.39, 0.29) is 5.41 Å². The van der Waals surface area contributed by atoms with E-state index < -0.39 is 0 Å². The summed E-state index contributed by atoms with van der Waals surface area (Å²) in [6, 6.07) is 0. The molecule has 0 aliphatic rings. The van der Waals surface area contributed by atoms with Crippen LogP contribution < -0.4 is 0 Å². The van der Waals surface area contributed by atoms with E-state index in [1.165, 1.54) is 0 Å². The second-order valence-corrected chi connectivity index (χ2v) is 4.02. The van der Waals surface area contributed by atoms with Crippen LogP contribution >= 0.6 is 0 Å². The van der Waals surface area contributed by atoms with E-state index in [0.717, 1.165) is 16.7 Å². The fourth-order valence-corrected chi connectivity index (χ4v) is 1.90.